The molecule has 0 aromatic heterocycles. The number of aliphatic imine (C=N–C) groups is 1. The summed E-state index contributed by atoms with van der Waals surface area (Å²) >= 11 is 1.92. The Kier molecular flexibility index (Phi) is 10.5. The number of halogens is 2. The van der Waals surface area contributed by atoms with Gasteiger partial charge in [-0.2, -0.15) is 11.8 Å². The highest BCUT2D eigenvalue weighted by atomic mass is 127. The van der Waals surface area contributed by atoms with Gasteiger partial charge in [0.1, 0.15) is 0 Å². The standard InChI is InChI=1S/C21H31FN4O2S.HI/c1-2-23-21(24-14-15-3-8-19(27)18(22)13-15)25-17-6-4-16(5-7-17)20(28)26-9-11-29-12-10-26;/h3,8,13,16-17,27H,2,4-7,9-12,14H2,1H3,(H2,23,24,25);1H. The Hall–Kier alpha value is -1.23. The van der Waals surface area contributed by atoms with Crippen molar-refractivity contribution in [2.24, 2.45) is 10.9 Å². The van der Waals surface area contributed by atoms with E-state index in [0.717, 1.165) is 56.8 Å². The van der Waals surface area contributed by atoms with E-state index in [1.54, 1.807) is 6.07 Å². The molecule has 2 fully saturated rings. The van der Waals surface area contributed by atoms with E-state index in [4.69, 9.17) is 0 Å². The molecule has 0 atom stereocenters. The lowest BCUT2D eigenvalue weighted by Gasteiger charge is -2.34. The van der Waals surface area contributed by atoms with Crippen LogP contribution in [0.4, 0.5) is 4.39 Å². The molecular formula is C21H32FIN4O2S. The van der Waals surface area contributed by atoms with E-state index in [1.165, 1.54) is 12.1 Å². The summed E-state index contributed by atoms with van der Waals surface area (Å²) in [5.41, 5.74) is 0.700. The summed E-state index contributed by atoms with van der Waals surface area (Å²) in [4.78, 5) is 19.3. The van der Waals surface area contributed by atoms with E-state index in [1.807, 2.05) is 23.6 Å². The van der Waals surface area contributed by atoms with Crippen LogP contribution in [0, 0.1) is 11.7 Å². The molecule has 30 heavy (non-hydrogen) atoms. The Labute approximate surface area is 199 Å². The molecule has 1 aliphatic carbocycles. The second-order valence-corrected chi connectivity index (χ2v) is 8.84. The molecule has 1 aliphatic heterocycles. The molecule has 6 nitrogen and oxygen atoms in total. The van der Waals surface area contributed by atoms with Gasteiger partial charge in [-0.3, -0.25) is 4.79 Å². The molecule has 1 saturated carbocycles. The maximum absolute atomic E-state index is 13.5. The minimum Gasteiger partial charge on any atom is -0.505 e. The first-order valence-corrected chi connectivity index (χ1v) is 11.6. The van der Waals surface area contributed by atoms with E-state index < -0.39 is 5.82 Å². The molecule has 1 heterocycles. The monoisotopic (exact) mass is 550 g/mol. The third-order valence-electron chi connectivity index (χ3n) is 5.52. The lowest BCUT2D eigenvalue weighted by molar-refractivity contribution is -0.136. The smallest absolute Gasteiger partial charge is 0.225 e. The van der Waals surface area contributed by atoms with E-state index in [0.29, 0.717) is 24.0 Å². The number of phenols is 1. The molecular weight excluding hydrogens is 518 g/mol. The van der Waals surface area contributed by atoms with Gasteiger partial charge in [0.2, 0.25) is 5.91 Å². The summed E-state index contributed by atoms with van der Waals surface area (Å²) in [6.45, 7) is 4.83. The first-order chi connectivity index (χ1) is 14.1. The Morgan fingerprint density at radius 3 is 2.60 bits per heavy atom. The molecule has 2 aliphatic rings. The zero-order valence-corrected chi connectivity index (χ0v) is 20.5. The van der Waals surface area contributed by atoms with Crippen molar-refractivity contribution in [3.05, 3.63) is 29.6 Å². The van der Waals surface area contributed by atoms with Crippen molar-refractivity contribution in [2.75, 3.05) is 31.1 Å². The maximum Gasteiger partial charge on any atom is 0.225 e. The van der Waals surface area contributed by atoms with Gasteiger partial charge >= 0.3 is 0 Å². The van der Waals surface area contributed by atoms with E-state index >= 15 is 0 Å². The molecule has 1 aromatic rings. The van der Waals surface area contributed by atoms with Crippen molar-refractivity contribution >= 4 is 47.6 Å². The number of guanidine groups is 1. The minimum absolute atomic E-state index is 0. The average Bonchev–Trinajstić information content (AvgIpc) is 2.75. The van der Waals surface area contributed by atoms with Crippen LogP contribution < -0.4 is 10.6 Å². The molecule has 0 spiro atoms. The van der Waals surface area contributed by atoms with Crippen molar-refractivity contribution in [3.8, 4) is 5.75 Å². The molecule has 0 bridgehead atoms. The fourth-order valence-electron chi connectivity index (χ4n) is 3.86. The number of benzene rings is 1. The topological polar surface area (TPSA) is 77.0 Å². The van der Waals surface area contributed by atoms with Gasteiger partial charge in [-0.05, 0) is 50.3 Å². The molecule has 0 radical (unpaired) electrons. The Morgan fingerprint density at radius 2 is 1.97 bits per heavy atom. The lowest BCUT2D eigenvalue weighted by Crippen LogP contribution is -2.47. The molecule has 1 saturated heterocycles. The fourth-order valence-corrected chi connectivity index (χ4v) is 4.76. The molecule has 9 heteroatoms. The molecule has 1 amide bonds. The van der Waals surface area contributed by atoms with Crippen LogP contribution >= 0.6 is 35.7 Å². The van der Waals surface area contributed by atoms with Crippen molar-refractivity contribution in [3.63, 3.8) is 0 Å². The largest absolute Gasteiger partial charge is 0.505 e. The second kappa shape index (κ2) is 12.6. The Balaban J connectivity index is 0.00000320. The van der Waals surface area contributed by atoms with Gasteiger partial charge in [-0.25, -0.2) is 9.38 Å². The number of nitrogens with one attached hydrogen (secondary N) is 2. The van der Waals surface area contributed by atoms with Crippen molar-refractivity contribution < 1.29 is 14.3 Å². The number of thioether (sulfide) groups is 1. The van der Waals surface area contributed by atoms with Crippen LogP contribution in [0.15, 0.2) is 23.2 Å². The Morgan fingerprint density at radius 1 is 1.27 bits per heavy atom. The molecule has 1 aromatic carbocycles. The predicted molar refractivity (Wildman–Crippen MR) is 131 cm³/mol. The van der Waals surface area contributed by atoms with Crippen LogP contribution in [0.2, 0.25) is 0 Å². The summed E-state index contributed by atoms with van der Waals surface area (Å²) in [5.74, 6) is 2.30. The first kappa shape index (κ1) is 25.0. The summed E-state index contributed by atoms with van der Waals surface area (Å²) < 4.78 is 13.5. The third kappa shape index (κ3) is 7.18. The van der Waals surface area contributed by atoms with Gasteiger partial charge in [-0.1, -0.05) is 6.07 Å². The number of hydrogen-bond donors (Lipinski definition) is 3. The number of phenolic OH excluding ortho intramolecular Hbond substituents is 1. The van der Waals surface area contributed by atoms with Crippen molar-refractivity contribution in [2.45, 2.75) is 45.2 Å². The van der Waals surface area contributed by atoms with E-state index in [9.17, 15) is 14.3 Å². The number of nitrogens with zero attached hydrogens (tertiary/aromatic N) is 2. The van der Waals surface area contributed by atoms with Gasteiger partial charge in [0.15, 0.2) is 17.5 Å². The summed E-state index contributed by atoms with van der Waals surface area (Å²) in [6, 6.07) is 4.60. The lowest BCUT2D eigenvalue weighted by atomic mass is 9.85. The van der Waals surface area contributed by atoms with Crippen LogP contribution in [-0.4, -0.2) is 59.1 Å². The highest BCUT2D eigenvalue weighted by molar-refractivity contribution is 14.0. The molecule has 0 unspecified atom stereocenters. The first-order valence-electron chi connectivity index (χ1n) is 10.5. The molecule has 168 valence electrons. The van der Waals surface area contributed by atoms with Crippen LogP contribution in [-0.2, 0) is 11.3 Å². The predicted octanol–water partition coefficient (Wildman–Crippen LogP) is 3.34. The van der Waals surface area contributed by atoms with Gasteiger partial charge in [-0.15, -0.1) is 24.0 Å². The number of carbonyl (C=O) groups is 1. The van der Waals surface area contributed by atoms with Crippen molar-refractivity contribution in [1.82, 2.24) is 15.5 Å². The van der Waals surface area contributed by atoms with Gasteiger partial charge in [0.25, 0.3) is 0 Å². The zero-order valence-electron chi connectivity index (χ0n) is 17.4. The van der Waals surface area contributed by atoms with Gasteiger partial charge in [0, 0.05) is 43.1 Å². The maximum atomic E-state index is 13.5. The summed E-state index contributed by atoms with van der Waals surface area (Å²) in [6.07, 6.45) is 3.69. The summed E-state index contributed by atoms with van der Waals surface area (Å²) in [7, 11) is 0. The third-order valence-corrected chi connectivity index (χ3v) is 6.46. The number of amides is 1. The van der Waals surface area contributed by atoms with Crippen LogP contribution in [0.3, 0.4) is 0 Å². The van der Waals surface area contributed by atoms with Crippen LogP contribution in [0.1, 0.15) is 38.2 Å². The number of rotatable bonds is 5. The van der Waals surface area contributed by atoms with Crippen molar-refractivity contribution in [1.29, 1.82) is 0 Å². The normalized spacial score (nSPS) is 22.2. The minimum atomic E-state index is -0.633. The quantitative estimate of drug-likeness (QED) is 0.298. The number of hydrogen-bond acceptors (Lipinski definition) is 4. The van der Waals surface area contributed by atoms with Gasteiger partial charge < -0.3 is 20.6 Å². The Bertz CT molecular complexity index is 723. The van der Waals surface area contributed by atoms with E-state index in [2.05, 4.69) is 15.6 Å². The number of carbonyl (C=O) groups excluding carboxylic acids is 1. The second-order valence-electron chi connectivity index (χ2n) is 7.61. The highest BCUT2D eigenvalue weighted by Crippen LogP contribution is 2.27. The average molecular weight is 550 g/mol. The van der Waals surface area contributed by atoms with E-state index in [-0.39, 0.29) is 41.7 Å². The van der Waals surface area contributed by atoms with Crippen LogP contribution in [0.5, 0.6) is 5.75 Å². The fraction of sp³-hybridized carbons (Fsp3) is 0.619. The summed E-state index contributed by atoms with van der Waals surface area (Å²) in [5, 5.41) is 16.0. The zero-order chi connectivity index (χ0) is 20.6. The highest BCUT2D eigenvalue weighted by Gasteiger charge is 2.30. The molecule has 3 N–H and O–H groups in total. The SMILES string of the molecule is CCNC(=NCc1ccc(O)c(F)c1)NC1CCC(C(=O)N2CCSCC2)CC1.I. The van der Waals surface area contributed by atoms with Gasteiger partial charge in [0.05, 0.1) is 6.54 Å². The number of aromatic hydroxyl groups is 1. The van der Waals surface area contributed by atoms with Crippen LogP contribution in [0.25, 0.3) is 0 Å². The molecule has 3 rings (SSSR count).